The van der Waals surface area contributed by atoms with Crippen LogP contribution in [0, 0.1) is 0 Å². The van der Waals surface area contributed by atoms with Crippen LogP contribution in [-0.4, -0.2) is 16.8 Å². The van der Waals surface area contributed by atoms with Crippen LogP contribution >= 0.6 is 23.1 Å². The first-order valence-electron chi connectivity index (χ1n) is 6.61. The Labute approximate surface area is 131 Å². The fourth-order valence-electron chi connectivity index (χ4n) is 2.35. The quantitative estimate of drug-likeness (QED) is 0.729. The first-order chi connectivity index (χ1) is 10.3. The second-order valence-electron chi connectivity index (χ2n) is 4.65. The Morgan fingerprint density at radius 1 is 1.05 bits per heavy atom. The minimum Gasteiger partial charge on any atom is -0.481 e. The zero-order valence-electron chi connectivity index (χ0n) is 11.3. The van der Waals surface area contributed by atoms with E-state index >= 15 is 0 Å². The molecule has 0 saturated carbocycles. The van der Waals surface area contributed by atoms with Gasteiger partial charge in [0.25, 0.3) is 0 Å². The van der Waals surface area contributed by atoms with E-state index in [4.69, 9.17) is 5.11 Å². The lowest BCUT2D eigenvalue weighted by Crippen LogP contribution is -1.97. The third-order valence-corrected chi connectivity index (χ3v) is 5.49. The molecule has 2 aromatic carbocycles. The van der Waals surface area contributed by atoms with Gasteiger partial charge in [-0.25, -0.2) is 0 Å². The van der Waals surface area contributed by atoms with Crippen molar-refractivity contribution in [3.8, 4) is 11.1 Å². The number of carbonyl (C=O) groups is 1. The molecule has 3 aromatic rings. The van der Waals surface area contributed by atoms with E-state index in [2.05, 4.69) is 30.3 Å². The van der Waals surface area contributed by atoms with E-state index < -0.39 is 5.97 Å². The molecular weight excluding hydrogens is 300 g/mol. The average molecular weight is 314 g/mol. The van der Waals surface area contributed by atoms with Gasteiger partial charge in [0.2, 0.25) is 0 Å². The molecule has 4 heteroatoms. The molecule has 0 bridgehead atoms. The molecule has 1 heterocycles. The van der Waals surface area contributed by atoms with Crippen LogP contribution in [0.5, 0.6) is 0 Å². The fourth-order valence-corrected chi connectivity index (χ4v) is 4.46. The molecule has 0 fully saturated rings. The maximum atomic E-state index is 10.7. The average Bonchev–Trinajstić information content (AvgIpc) is 2.86. The van der Waals surface area contributed by atoms with Crippen molar-refractivity contribution < 1.29 is 9.90 Å². The summed E-state index contributed by atoms with van der Waals surface area (Å²) in [5, 5.41) is 10.0. The first kappa shape index (κ1) is 14.2. The number of fused-ring (bicyclic) bond motifs is 1. The number of carboxylic acids is 1. The Balaban J connectivity index is 2.04. The highest BCUT2D eigenvalue weighted by molar-refractivity contribution is 7.99. The number of hydrogen-bond acceptors (Lipinski definition) is 3. The third-order valence-electron chi connectivity index (χ3n) is 3.19. The van der Waals surface area contributed by atoms with Crippen molar-refractivity contribution in [3.63, 3.8) is 0 Å². The molecule has 0 aliphatic carbocycles. The standard InChI is InChI=1S/C17H14O2S2/c18-16(19)11-20-10-15-17(12-6-2-1-3-7-12)13-8-4-5-9-14(13)21-15/h1-9H,10-11H2,(H,18,19). The maximum Gasteiger partial charge on any atom is 0.313 e. The van der Waals surface area contributed by atoms with Gasteiger partial charge < -0.3 is 5.11 Å². The summed E-state index contributed by atoms with van der Waals surface area (Å²) in [6.45, 7) is 0. The van der Waals surface area contributed by atoms with E-state index in [0.29, 0.717) is 0 Å². The monoisotopic (exact) mass is 314 g/mol. The fraction of sp³-hybridized carbons (Fsp3) is 0.118. The van der Waals surface area contributed by atoms with E-state index in [1.165, 1.54) is 37.9 Å². The summed E-state index contributed by atoms with van der Waals surface area (Å²) in [6, 6.07) is 18.7. The van der Waals surface area contributed by atoms with Crippen LogP contribution in [0.15, 0.2) is 54.6 Å². The summed E-state index contributed by atoms with van der Waals surface area (Å²) >= 11 is 3.21. The van der Waals surface area contributed by atoms with Gasteiger partial charge in [-0.3, -0.25) is 4.79 Å². The molecule has 0 amide bonds. The molecule has 0 unspecified atom stereocenters. The predicted octanol–water partition coefficient (Wildman–Crippen LogP) is 4.89. The Morgan fingerprint density at radius 2 is 1.76 bits per heavy atom. The largest absolute Gasteiger partial charge is 0.481 e. The van der Waals surface area contributed by atoms with Crippen molar-refractivity contribution in [1.82, 2.24) is 0 Å². The van der Waals surface area contributed by atoms with Crippen LogP contribution in [0.1, 0.15) is 4.88 Å². The summed E-state index contributed by atoms with van der Waals surface area (Å²) < 4.78 is 1.25. The third kappa shape index (κ3) is 3.12. The smallest absolute Gasteiger partial charge is 0.313 e. The molecule has 2 nitrogen and oxygen atoms in total. The number of hydrogen-bond donors (Lipinski definition) is 1. The van der Waals surface area contributed by atoms with Crippen LogP contribution in [0.3, 0.4) is 0 Å². The highest BCUT2D eigenvalue weighted by Crippen LogP contribution is 2.40. The van der Waals surface area contributed by atoms with Crippen LogP contribution in [0.2, 0.25) is 0 Å². The maximum absolute atomic E-state index is 10.7. The molecule has 1 N–H and O–H groups in total. The van der Waals surface area contributed by atoms with Crippen molar-refractivity contribution in [2.45, 2.75) is 5.75 Å². The second kappa shape index (κ2) is 6.33. The SMILES string of the molecule is O=C(O)CSCc1sc2ccccc2c1-c1ccccc1. The Hall–Kier alpha value is -1.78. The molecular formula is C17H14O2S2. The molecule has 0 aliphatic rings. The van der Waals surface area contributed by atoms with Gasteiger partial charge in [0, 0.05) is 26.3 Å². The number of rotatable bonds is 5. The molecule has 21 heavy (non-hydrogen) atoms. The molecule has 0 saturated heterocycles. The summed E-state index contributed by atoms with van der Waals surface area (Å²) in [5.41, 5.74) is 2.44. The number of aliphatic carboxylic acids is 1. The van der Waals surface area contributed by atoms with Gasteiger partial charge in [0.1, 0.15) is 0 Å². The zero-order valence-corrected chi connectivity index (χ0v) is 12.9. The van der Waals surface area contributed by atoms with Gasteiger partial charge in [0.05, 0.1) is 5.75 Å². The minimum atomic E-state index is -0.762. The molecule has 0 radical (unpaired) electrons. The van der Waals surface area contributed by atoms with Crippen molar-refractivity contribution in [1.29, 1.82) is 0 Å². The lowest BCUT2D eigenvalue weighted by atomic mass is 10.0. The van der Waals surface area contributed by atoms with E-state index in [-0.39, 0.29) is 5.75 Å². The van der Waals surface area contributed by atoms with Gasteiger partial charge in [-0.1, -0.05) is 48.5 Å². The van der Waals surface area contributed by atoms with Crippen molar-refractivity contribution in [2.24, 2.45) is 0 Å². The lowest BCUT2D eigenvalue weighted by molar-refractivity contribution is -0.133. The summed E-state index contributed by atoms with van der Waals surface area (Å²) in [7, 11) is 0. The summed E-state index contributed by atoms with van der Waals surface area (Å²) in [4.78, 5) is 11.9. The Kier molecular flexibility index (Phi) is 4.27. The molecule has 106 valence electrons. The number of thiophene rings is 1. The Bertz CT molecular complexity index is 763. The van der Waals surface area contributed by atoms with E-state index in [0.717, 1.165) is 5.75 Å². The molecule has 1 aromatic heterocycles. The molecule has 0 aliphatic heterocycles. The van der Waals surface area contributed by atoms with Crippen molar-refractivity contribution >= 4 is 39.2 Å². The van der Waals surface area contributed by atoms with E-state index in [1.54, 1.807) is 11.3 Å². The minimum absolute atomic E-state index is 0.141. The number of thioether (sulfide) groups is 1. The molecule has 0 atom stereocenters. The summed E-state index contributed by atoms with van der Waals surface area (Å²) in [5.74, 6) is 0.112. The number of benzene rings is 2. The molecule has 3 rings (SSSR count). The lowest BCUT2D eigenvalue weighted by Gasteiger charge is -2.04. The van der Waals surface area contributed by atoms with E-state index in [1.807, 2.05) is 24.3 Å². The summed E-state index contributed by atoms with van der Waals surface area (Å²) in [6.07, 6.45) is 0. The second-order valence-corrected chi connectivity index (χ2v) is 6.77. The topological polar surface area (TPSA) is 37.3 Å². The van der Waals surface area contributed by atoms with Crippen LogP contribution in [-0.2, 0) is 10.5 Å². The van der Waals surface area contributed by atoms with Gasteiger partial charge in [0.15, 0.2) is 0 Å². The van der Waals surface area contributed by atoms with Crippen molar-refractivity contribution in [3.05, 3.63) is 59.5 Å². The van der Waals surface area contributed by atoms with Crippen LogP contribution in [0.25, 0.3) is 21.2 Å². The predicted molar refractivity (Wildman–Crippen MR) is 91.1 cm³/mol. The van der Waals surface area contributed by atoms with E-state index in [9.17, 15) is 4.79 Å². The van der Waals surface area contributed by atoms with Gasteiger partial charge in [-0.05, 0) is 11.6 Å². The van der Waals surface area contributed by atoms with Crippen LogP contribution < -0.4 is 0 Å². The first-order valence-corrected chi connectivity index (χ1v) is 8.58. The van der Waals surface area contributed by atoms with Gasteiger partial charge in [-0.2, -0.15) is 0 Å². The normalized spacial score (nSPS) is 10.9. The van der Waals surface area contributed by atoms with Gasteiger partial charge >= 0.3 is 5.97 Å². The molecule has 0 spiro atoms. The zero-order chi connectivity index (χ0) is 14.7. The highest BCUT2D eigenvalue weighted by Gasteiger charge is 2.13. The Morgan fingerprint density at radius 3 is 2.52 bits per heavy atom. The number of carboxylic acid groups (broad SMARTS) is 1. The van der Waals surface area contributed by atoms with Crippen LogP contribution in [0.4, 0.5) is 0 Å². The highest BCUT2D eigenvalue weighted by atomic mass is 32.2. The van der Waals surface area contributed by atoms with Crippen molar-refractivity contribution in [2.75, 3.05) is 5.75 Å². The van der Waals surface area contributed by atoms with Gasteiger partial charge in [-0.15, -0.1) is 23.1 Å².